The van der Waals surface area contributed by atoms with Gasteiger partial charge < -0.3 is 4.57 Å². The fraction of sp³-hybridized carbons (Fsp3) is 0.350. The van der Waals surface area contributed by atoms with E-state index in [0.717, 1.165) is 38.3 Å². The molecule has 6 nitrogen and oxygen atoms in total. The Balaban J connectivity index is 1.47. The number of likely N-dealkylation sites (tertiary alicyclic amines) is 1. The van der Waals surface area contributed by atoms with Crippen LogP contribution in [0.2, 0.25) is 0 Å². The number of hydrogen-bond donors (Lipinski definition) is 0. The number of rotatable bonds is 4. The molecule has 1 fully saturated rings. The third-order valence-corrected chi connectivity index (χ3v) is 5.35. The third kappa shape index (κ3) is 3.20. The molecule has 3 heterocycles. The molecule has 2 aliphatic rings. The zero-order valence-electron chi connectivity index (χ0n) is 14.5. The average Bonchev–Trinajstić information content (AvgIpc) is 2.63. The lowest BCUT2D eigenvalue weighted by molar-refractivity contribution is -0.385. The summed E-state index contributed by atoms with van der Waals surface area (Å²) in [7, 11) is 0. The van der Waals surface area contributed by atoms with Gasteiger partial charge in [0, 0.05) is 49.9 Å². The van der Waals surface area contributed by atoms with Gasteiger partial charge >= 0.3 is 0 Å². The minimum atomic E-state index is -0.348. The maximum Gasteiger partial charge on any atom is 0.276 e. The van der Waals surface area contributed by atoms with Crippen LogP contribution in [0.15, 0.2) is 53.3 Å². The predicted octanol–water partition coefficient (Wildman–Crippen LogP) is 2.89. The van der Waals surface area contributed by atoms with E-state index in [1.165, 1.54) is 6.07 Å². The van der Waals surface area contributed by atoms with E-state index in [1.54, 1.807) is 18.2 Å². The number of hydrogen-bond acceptors (Lipinski definition) is 4. The van der Waals surface area contributed by atoms with Crippen LogP contribution >= 0.6 is 0 Å². The summed E-state index contributed by atoms with van der Waals surface area (Å²) in [4.78, 5) is 25.2. The van der Waals surface area contributed by atoms with Gasteiger partial charge in [-0.3, -0.25) is 19.8 Å². The number of fused-ring (bicyclic) bond motifs is 4. The van der Waals surface area contributed by atoms with Gasteiger partial charge in [-0.25, -0.2) is 0 Å². The molecule has 2 bridgehead atoms. The normalized spacial score (nSPS) is 22.3. The van der Waals surface area contributed by atoms with Crippen LogP contribution in [0.5, 0.6) is 0 Å². The minimum absolute atomic E-state index is 0.0990. The largest absolute Gasteiger partial charge is 0.312 e. The van der Waals surface area contributed by atoms with Crippen molar-refractivity contribution in [1.29, 1.82) is 0 Å². The van der Waals surface area contributed by atoms with Gasteiger partial charge in [0.15, 0.2) is 0 Å². The molecule has 1 aromatic heterocycles. The molecule has 0 spiro atoms. The van der Waals surface area contributed by atoms with Crippen LogP contribution in [0.1, 0.15) is 23.6 Å². The number of nitro benzene ring substituents is 1. The fourth-order valence-corrected chi connectivity index (χ4v) is 4.27. The van der Waals surface area contributed by atoms with Gasteiger partial charge in [-0.2, -0.15) is 0 Å². The molecule has 1 saturated heterocycles. The Morgan fingerprint density at radius 3 is 2.81 bits per heavy atom. The van der Waals surface area contributed by atoms with Crippen molar-refractivity contribution < 1.29 is 4.92 Å². The molecule has 0 amide bonds. The van der Waals surface area contributed by atoms with Crippen molar-refractivity contribution in [2.24, 2.45) is 5.92 Å². The van der Waals surface area contributed by atoms with E-state index in [4.69, 9.17) is 0 Å². The van der Waals surface area contributed by atoms with Gasteiger partial charge in [0.25, 0.3) is 11.2 Å². The number of para-hydroxylation sites is 1. The second-order valence-corrected chi connectivity index (χ2v) is 7.13. The SMILES string of the molecule is O=c1cccc2n1C[C@H]1C[C@@H]2CN(CC=Cc2ccccc2[N+](=O)[O-])C1. The van der Waals surface area contributed by atoms with Crippen LogP contribution in [0.3, 0.4) is 0 Å². The van der Waals surface area contributed by atoms with Gasteiger partial charge in [-0.1, -0.05) is 30.4 Å². The number of piperidine rings is 1. The van der Waals surface area contributed by atoms with E-state index < -0.39 is 0 Å². The van der Waals surface area contributed by atoms with Crippen molar-refractivity contribution in [3.8, 4) is 0 Å². The highest BCUT2D eigenvalue weighted by molar-refractivity contribution is 5.60. The molecule has 0 saturated carbocycles. The van der Waals surface area contributed by atoms with Gasteiger partial charge in [0.1, 0.15) is 0 Å². The quantitative estimate of drug-likeness (QED) is 0.627. The molecule has 26 heavy (non-hydrogen) atoms. The molecule has 4 rings (SSSR count). The Labute approximate surface area is 151 Å². The number of pyridine rings is 1. The summed E-state index contributed by atoms with van der Waals surface area (Å²) in [5.41, 5.74) is 2.00. The van der Waals surface area contributed by atoms with Crippen LogP contribution in [-0.2, 0) is 6.54 Å². The number of nitro groups is 1. The number of nitrogens with zero attached hydrogens (tertiary/aromatic N) is 3. The van der Waals surface area contributed by atoms with E-state index in [1.807, 2.05) is 28.9 Å². The Kier molecular flexibility index (Phi) is 4.42. The smallest absolute Gasteiger partial charge is 0.276 e. The van der Waals surface area contributed by atoms with Crippen molar-refractivity contribution in [2.45, 2.75) is 18.9 Å². The Bertz CT molecular complexity index is 919. The Morgan fingerprint density at radius 1 is 1.12 bits per heavy atom. The lowest BCUT2D eigenvalue weighted by Gasteiger charge is -2.42. The summed E-state index contributed by atoms with van der Waals surface area (Å²) >= 11 is 0. The van der Waals surface area contributed by atoms with E-state index in [0.29, 0.717) is 17.4 Å². The molecular weight excluding hydrogens is 330 g/mol. The zero-order valence-corrected chi connectivity index (χ0v) is 14.5. The first kappa shape index (κ1) is 16.7. The summed E-state index contributed by atoms with van der Waals surface area (Å²) < 4.78 is 1.93. The average molecular weight is 351 g/mol. The molecule has 0 aliphatic carbocycles. The van der Waals surface area contributed by atoms with E-state index in [-0.39, 0.29) is 16.2 Å². The van der Waals surface area contributed by atoms with Crippen LogP contribution in [-0.4, -0.2) is 34.0 Å². The molecule has 0 N–H and O–H groups in total. The summed E-state index contributed by atoms with van der Waals surface area (Å²) in [6.45, 7) is 3.42. The van der Waals surface area contributed by atoms with Crippen molar-refractivity contribution in [3.05, 3.63) is 80.3 Å². The highest BCUT2D eigenvalue weighted by atomic mass is 16.6. The van der Waals surface area contributed by atoms with Gasteiger partial charge in [-0.05, 0) is 24.5 Å². The van der Waals surface area contributed by atoms with Crippen LogP contribution in [0, 0.1) is 16.0 Å². The standard InChI is InChI=1S/C20H21N3O3/c24-20-9-3-8-18-17-11-15(13-22(18)20)12-21(14-17)10-4-6-16-5-1-2-7-19(16)23(25)26/h1-9,15,17H,10-14H2/t15-,17+/m0/s1. The Hall–Kier alpha value is -2.73. The minimum Gasteiger partial charge on any atom is -0.312 e. The van der Waals surface area contributed by atoms with E-state index in [9.17, 15) is 14.9 Å². The first-order valence-corrected chi connectivity index (χ1v) is 8.94. The molecule has 0 radical (unpaired) electrons. The predicted molar refractivity (Wildman–Crippen MR) is 100 cm³/mol. The van der Waals surface area contributed by atoms with Crippen molar-refractivity contribution in [3.63, 3.8) is 0 Å². The highest BCUT2D eigenvalue weighted by Crippen LogP contribution is 2.34. The van der Waals surface area contributed by atoms with Gasteiger partial charge in [0.05, 0.1) is 10.5 Å². The maximum absolute atomic E-state index is 12.1. The fourth-order valence-electron chi connectivity index (χ4n) is 4.27. The first-order chi connectivity index (χ1) is 12.6. The molecule has 2 atom stereocenters. The second-order valence-electron chi connectivity index (χ2n) is 7.13. The Morgan fingerprint density at radius 2 is 1.96 bits per heavy atom. The van der Waals surface area contributed by atoms with Crippen molar-refractivity contribution in [2.75, 3.05) is 19.6 Å². The molecule has 6 heteroatoms. The first-order valence-electron chi connectivity index (χ1n) is 8.94. The molecule has 2 aromatic rings. The zero-order chi connectivity index (χ0) is 18.1. The maximum atomic E-state index is 12.1. The monoisotopic (exact) mass is 351 g/mol. The number of aromatic nitrogens is 1. The molecule has 2 aliphatic heterocycles. The third-order valence-electron chi connectivity index (χ3n) is 5.35. The molecule has 134 valence electrons. The summed E-state index contributed by atoms with van der Waals surface area (Å²) in [5.74, 6) is 0.872. The van der Waals surface area contributed by atoms with Gasteiger partial charge in [-0.15, -0.1) is 0 Å². The lowest BCUT2D eigenvalue weighted by Crippen LogP contribution is -2.46. The van der Waals surface area contributed by atoms with Crippen molar-refractivity contribution in [1.82, 2.24) is 9.47 Å². The topological polar surface area (TPSA) is 68.4 Å². The molecular formula is C20H21N3O3. The van der Waals surface area contributed by atoms with E-state index >= 15 is 0 Å². The number of benzene rings is 1. The summed E-state index contributed by atoms with van der Waals surface area (Å²) in [6.07, 6.45) is 4.97. The van der Waals surface area contributed by atoms with Crippen LogP contribution in [0.4, 0.5) is 5.69 Å². The highest BCUT2D eigenvalue weighted by Gasteiger charge is 2.33. The summed E-state index contributed by atoms with van der Waals surface area (Å²) in [5, 5.41) is 11.1. The van der Waals surface area contributed by atoms with Crippen LogP contribution < -0.4 is 5.56 Å². The summed E-state index contributed by atoms with van der Waals surface area (Å²) in [6, 6.07) is 12.3. The lowest BCUT2D eigenvalue weighted by atomic mass is 9.83. The van der Waals surface area contributed by atoms with Gasteiger partial charge in [0.2, 0.25) is 0 Å². The van der Waals surface area contributed by atoms with Crippen molar-refractivity contribution >= 4 is 11.8 Å². The molecule has 1 aromatic carbocycles. The molecule has 0 unspecified atom stereocenters. The van der Waals surface area contributed by atoms with Crippen LogP contribution in [0.25, 0.3) is 6.08 Å². The second kappa shape index (κ2) is 6.88. The van der Waals surface area contributed by atoms with E-state index in [2.05, 4.69) is 11.0 Å².